The van der Waals surface area contributed by atoms with E-state index < -0.39 is 0 Å². The Morgan fingerprint density at radius 1 is 1.00 bits per heavy atom. The fourth-order valence-corrected chi connectivity index (χ4v) is 3.44. The Morgan fingerprint density at radius 3 is 2.40 bits per heavy atom. The van der Waals surface area contributed by atoms with Crippen LogP contribution in [0.3, 0.4) is 0 Å². The highest BCUT2D eigenvalue weighted by Crippen LogP contribution is 2.19. The number of likely N-dealkylation sites (tertiary alicyclic amines) is 1. The second kappa shape index (κ2) is 6.12. The summed E-state index contributed by atoms with van der Waals surface area (Å²) in [7, 11) is 2.21. The number of nitrogens with zero attached hydrogens (tertiary/aromatic N) is 3. The molecule has 1 aromatic rings. The first-order valence-electron chi connectivity index (χ1n) is 7.72. The van der Waals surface area contributed by atoms with E-state index in [1.54, 1.807) is 0 Å². The maximum atomic E-state index is 6.34. The van der Waals surface area contributed by atoms with Crippen LogP contribution in [0, 0.1) is 0 Å². The van der Waals surface area contributed by atoms with Crippen molar-refractivity contribution in [1.29, 1.82) is 0 Å². The van der Waals surface area contributed by atoms with Crippen LogP contribution in [0.25, 0.3) is 0 Å². The summed E-state index contributed by atoms with van der Waals surface area (Å²) < 4.78 is 0. The van der Waals surface area contributed by atoms with E-state index in [-0.39, 0.29) is 0 Å². The Hall–Kier alpha value is -1.10. The summed E-state index contributed by atoms with van der Waals surface area (Å²) in [6, 6.07) is 11.6. The molecule has 0 spiro atoms. The molecule has 0 aliphatic carbocycles. The average molecular weight is 274 g/mol. The molecule has 4 heteroatoms. The molecule has 0 saturated carbocycles. The maximum Gasteiger partial charge on any atom is 0.0376 e. The lowest BCUT2D eigenvalue weighted by atomic mass is 9.98. The minimum Gasteiger partial charge on any atom is -0.369 e. The van der Waals surface area contributed by atoms with Crippen molar-refractivity contribution in [3.05, 3.63) is 30.3 Å². The molecule has 2 aliphatic heterocycles. The van der Waals surface area contributed by atoms with E-state index in [1.807, 2.05) is 0 Å². The summed E-state index contributed by atoms with van der Waals surface area (Å²) in [5, 5.41) is 0. The summed E-state index contributed by atoms with van der Waals surface area (Å²) in [5.74, 6) is 0. The number of benzene rings is 1. The number of para-hydroxylation sites is 1. The van der Waals surface area contributed by atoms with Crippen molar-refractivity contribution in [2.75, 3.05) is 51.2 Å². The Balaban J connectivity index is 1.58. The van der Waals surface area contributed by atoms with Crippen molar-refractivity contribution in [2.24, 2.45) is 5.73 Å². The molecule has 4 nitrogen and oxygen atoms in total. The molecule has 2 heterocycles. The number of rotatable bonds is 2. The molecule has 110 valence electrons. The lowest BCUT2D eigenvalue weighted by Crippen LogP contribution is -2.61. The third kappa shape index (κ3) is 2.97. The predicted molar refractivity (Wildman–Crippen MR) is 84.1 cm³/mol. The third-order valence-corrected chi connectivity index (χ3v) is 4.74. The fourth-order valence-electron chi connectivity index (χ4n) is 3.44. The molecule has 2 atom stereocenters. The van der Waals surface area contributed by atoms with Crippen LogP contribution < -0.4 is 10.6 Å². The summed E-state index contributed by atoms with van der Waals surface area (Å²) >= 11 is 0. The second-order valence-electron chi connectivity index (χ2n) is 6.14. The zero-order valence-electron chi connectivity index (χ0n) is 12.4. The lowest BCUT2D eigenvalue weighted by molar-refractivity contribution is 0.0901. The summed E-state index contributed by atoms with van der Waals surface area (Å²) in [6.45, 7) is 6.73. The smallest absolute Gasteiger partial charge is 0.0376 e. The van der Waals surface area contributed by atoms with Gasteiger partial charge in [-0.1, -0.05) is 18.2 Å². The van der Waals surface area contributed by atoms with Gasteiger partial charge in [0.1, 0.15) is 0 Å². The molecule has 1 aromatic carbocycles. The number of likely N-dealkylation sites (N-methyl/N-ethyl adjacent to an activating group) is 1. The Kier molecular flexibility index (Phi) is 4.24. The molecule has 20 heavy (non-hydrogen) atoms. The van der Waals surface area contributed by atoms with Gasteiger partial charge in [0.2, 0.25) is 0 Å². The van der Waals surface area contributed by atoms with E-state index in [2.05, 4.69) is 52.1 Å². The summed E-state index contributed by atoms with van der Waals surface area (Å²) in [5.41, 5.74) is 7.68. The van der Waals surface area contributed by atoms with Gasteiger partial charge in [-0.3, -0.25) is 4.90 Å². The summed E-state index contributed by atoms with van der Waals surface area (Å²) in [6.07, 6.45) is 1.13. The minimum absolute atomic E-state index is 0.342. The SMILES string of the molecule is CN1CCC(N)C(N2CCN(c3ccccc3)CC2)C1. The van der Waals surface area contributed by atoms with Crippen LogP contribution in [0.1, 0.15) is 6.42 Å². The highest BCUT2D eigenvalue weighted by atomic mass is 15.3. The van der Waals surface area contributed by atoms with Crippen molar-refractivity contribution < 1.29 is 0 Å². The van der Waals surface area contributed by atoms with Gasteiger partial charge in [-0.05, 0) is 32.1 Å². The number of hydrogen-bond acceptors (Lipinski definition) is 4. The van der Waals surface area contributed by atoms with Crippen molar-refractivity contribution >= 4 is 5.69 Å². The van der Waals surface area contributed by atoms with Crippen LogP contribution in [0.5, 0.6) is 0 Å². The van der Waals surface area contributed by atoms with E-state index in [9.17, 15) is 0 Å². The first-order chi connectivity index (χ1) is 9.74. The zero-order chi connectivity index (χ0) is 13.9. The van der Waals surface area contributed by atoms with E-state index in [0.29, 0.717) is 12.1 Å². The van der Waals surface area contributed by atoms with Gasteiger partial charge in [0.25, 0.3) is 0 Å². The Morgan fingerprint density at radius 2 is 1.70 bits per heavy atom. The molecule has 0 bridgehead atoms. The van der Waals surface area contributed by atoms with Gasteiger partial charge in [0, 0.05) is 50.5 Å². The monoisotopic (exact) mass is 274 g/mol. The molecule has 2 aliphatic rings. The normalized spacial score (nSPS) is 29.6. The Labute approximate surface area is 122 Å². The third-order valence-electron chi connectivity index (χ3n) is 4.74. The molecular formula is C16H26N4. The van der Waals surface area contributed by atoms with Gasteiger partial charge < -0.3 is 15.5 Å². The van der Waals surface area contributed by atoms with Crippen LogP contribution in [0.2, 0.25) is 0 Å². The number of piperidine rings is 1. The van der Waals surface area contributed by atoms with E-state index in [1.165, 1.54) is 5.69 Å². The molecule has 2 N–H and O–H groups in total. The van der Waals surface area contributed by atoms with Gasteiger partial charge in [0.15, 0.2) is 0 Å². The first-order valence-corrected chi connectivity index (χ1v) is 7.72. The minimum atomic E-state index is 0.342. The van der Waals surface area contributed by atoms with Gasteiger partial charge in [0.05, 0.1) is 0 Å². The topological polar surface area (TPSA) is 35.7 Å². The van der Waals surface area contributed by atoms with Crippen molar-refractivity contribution in [3.63, 3.8) is 0 Å². The van der Waals surface area contributed by atoms with Gasteiger partial charge in [-0.2, -0.15) is 0 Å². The van der Waals surface area contributed by atoms with Crippen molar-refractivity contribution in [3.8, 4) is 0 Å². The number of anilines is 1. The van der Waals surface area contributed by atoms with Crippen LogP contribution in [-0.2, 0) is 0 Å². The second-order valence-corrected chi connectivity index (χ2v) is 6.14. The highest BCUT2D eigenvalue weighted by molar-refractivity contribution is 5.46. The Bertz CT molecular complexity index is 414. The fraction of sp³-hybridized carbons (Fsp3) is 0.625. The van der Waals surface area contributed by atoms with Crippen LogP contribution in [-0.4, -0.2) is 68.2 Å². The van der Waals surface area contributed by atoms with E-state index in [0.717, 1.165) is 45.7 Å². The molecule has 2 unspecified atom stereocenters. The molecule has 0 radical (unpaired) electrons. The van der Waals surface area contributed by atoms with Crippen LogP contribution in [0.4, 0.5) is 5.69 Å². The average Bonchev–Trinajstić information content (AvgIpc) is 2.51. The molecular weight excluding hydrogens is 248 g/mol. The van der Waals surface area contributed by atoms with Crippen molar-refractivity contribution in [1.82, 2.24) is 9.80 Å². The molecule has 3 rings (SSSR count). The molecule has 2 saturated heterocycles. The molecule has 0 aromatic heterocycles. The highest BCUT2D eigenvalue weighted by Gasteiger charge is 2.31. The number of nitrogens with two attached hydrogens (primary N) is 1. The predicted octanol–water partition coefficient (Wildman–Crippen LogP) is 0.840. The van der Waals surface area contributed by atoms with E-state index in [4.69, 9.17) is 5.73 Å². The van der Waals surface area contributed by atoms with Gasteiger partial charge in [-0.25, -0.2) is 0 Å². The maximum absolute atomic E-state index is 6.34. The van der Waals surface area contributed by atoms with E-state index >= 15 is 0 Å². The van der Waals surface area contributed by atoms with Gasteiger partial charge in [-0.15, -0.1) is 0 Å². The molecule has 2 fully saturated rings. The molecule has 0 amide bonds. The zero-order valence-corrected chi connectivity index (χ0v) is 12.4. The number of piperazine rings is 1. The quantitative estimate of drug-likeness (QED) is 0.867. The van der Waals surface area contributed by atoms with Crippen LogP contribution in [0.15, 0.2) is 30.3 Å². The largest absolute Gasteiger partial charge is 0.369 e. The van der Waals surface area contributed by atoms with Crippen LogP contribution >= 0.6 is 0 Å². The van der Waals surface area contributed by atoms with Gasteiger partial charge >= 0.3 is 0 Å². The first kappa shape index (κ1) is 13.9. The standard InChI is InChI=1S/C16H26N4/c1-18-8-7-15(17)16(13-18)20-11-9-19(10-12-20)14-5-3-2-4-6-14/h2-6,15-16H,7-13,17H2,1H3. The number of hydrogen-bond donors (Lipinski definition) is 1. The lowest BCUT2D eigenvalue weighted by Gasteiger charge is -2.45. The summed E-state index contributed by atoms with van der Waals surface area (Å²) in [4.78, 5) is 7.49. The van der Waals surface area contributed by atoms with Crippen molar-refractivity contribution in [2.45, 2.75) is 18.5 Å².